The van der Waals surface area contributed by atoms with Gasteiger partial charge in [0.1, 0.15) is 0 Å². The van der Waals surface area contributed by atoms with Crippen LogP contribution in [-0.2, 0) is 10.5 Å². The second-order valence-corrected chi connectivity index (χ2v) is 4.59. The fourth-order valence-corrected chi connectivity index (χ4v) is 2.16. The van der Waals surface area contributed by atoms with Crippen molar-refractivity contribution in [2.45, 2.75) is 5.75 Å². The van der Waals surface area contributed by atoms with Gasteiger partial charge in [0.25, 0.3) is 0 Å². The first-order valence-electron chi connectivity index (χ1n) is 4.04. The summed E-state index contributed by atoms with van der Waals surface area (Å²) in [5.41, 5.74) is 3.28. The van der Waals surface area contributed by atoms with Crippen molar-refractivity contribution in [3.8, 4) is 0 Å². The number of halogens is 1. The molecule has 76 valence electrons. The predicted octanol–water partition coefficient (Wildman–Crippen LogP) is 1.67. The third-order valence-corrected chi connectivity index (χ3v) is 3.05. The molecule has 0 saturated heterocycles. The van der Waals surface area contributed by atoms with Crippen molar-refractivity contribution in [2.24, 2.45) is 5.84 Å². The van der Waals surface area contributed by atoms with Gasteiger partial charge in [0.15, 0.2) is 0 Å². The predicted molar refractivity (Wildman–Crippen MR) is 62.6 cm³/mol. The first-order valence-corrected chi connectivity index (χ1v) is 5.99. The molecule has 3 nitrogen and oxygen atoms in total. The highest BCUT2D eigenvalue weighted by Gasteiger charge is 1.99. The largest absolute Gasteiger partial charge is 0.294 e. The molecule has 0 fully saturated rings. The number of hydrogen-bond donors (Lipinski definition) is 2. The van der Waals surface area contributed by atoms with Crippen LogP contribution in [0, 0.1) is 0 Å². The molecule has 1 aromatic carbocycles. The Hall–Kier alpha value is -0.520. The van der Waals surface area contributed by atoms with Crippen molar-refractivity contribution in [2.75, 3.05) is 5.75 Å². The number of carbonyl (C=O) groups is 1. The molecular formula is C9H11BrN2OS. The number of nitrogens with one attached hydrogen (secondary N) is 1. The van der Waals surface area contributed by atoms with E-state index in [0.717, 1.165) is 10.2 Å². The summed E-state index contributed by atoms with van der Waals surface area (Å²) in [6.45, 7) is 0. The van der Waals surface area contributed by atoms with Crippen LogP contribution in [-0.4, -0.2) is 11.7 Å². The molecule has 14 heavy (non-hydrogen) atoms. The van der Waals surface area contributed by atoms with Crippen molar-refractivity contribution >= 4 is 33.6 Å². The molecule has 5 heteroatoms. The quantitative estimate of drug-likeness (QED) is 0.499. The Morgan fingerprint density at radius 2 is 2.36 bits per heavy atom. The summed E-state index contributed by atoms with van der Waals surface area (Å²) in [6.07, 6.45) is 0. The van der Waals surface area contributed by atoms with Crippen molar-refractivity contribution < 1.29 is 4.79 Å². The Morgan fingerprint density at radius 3 is 3.00 bits per heavy atom. The van der Waals surface area contributed by atoms with Crippen molar-refractivity contribution in [1.29, 1.82) is 0 Å². The van der Waals surface area contributed by atoms with Gasteiger partial charge < -0.3 is 0 Å². The van der Waals surface area contributed by atoms with E-state index < -0.39 is 0 Å². The fourth-order valence-electron chi connectivity index (χ4n) is 0.930. The van der Waals surface area contributed by atoms with E-state index in [0.29, 0.717) is 5.75 Å². The standard InChI is InChI=1S/C9H11BrN2OS/c10-8-3-1-2-7(4-8)5-14-6-9(13)12-11/h1-4H,5-6,11H2,(H,12,13). The van der Waals surface area contributed by atoms with Crippen molar-refractivity contribution in [3.05, 3.63) is 34.3 Å². The van der Waals surface area contributed by atoms with Crippen LogP contribution in [0.5, 0.6) is 0 Å². The number of hydrazine groups is 1. The molecule has 0 aliphatic heterocycles. The highest BCUT2D eigenvalue weighted by molar-refractivity contribution is 9.10. The number of rotatable bonds is 4. The first-order chi connectivity index (χ1) is 6.72. The zero-order chi connectivity index (χ0) is 10.4. The molecule has 0 bridgehead atoms. The number of benzene rings is 1. The molecule has 0 aromatic heterocycles. The lowest BCUT2D eigenvalue weighted by Crippen LogP contribution is -2.31. The van der Waals surface area contributed by atoms with Gasteiger partial charge in [0, 0.05) is 10.2 Å². The molecule has 0 heterocycles. The molecule has 0 aliphatic carbocycles. The minimum Gasteiger partial charge on any atom is -0.294 e. The van der Waals surface area contributed by atoms with Crippen LogP contribution >= 0.6 is 27.7 Å². The van der Waals surface area contributed by atoms with Crippen molar-refractivity contribution in [1.82, 2.24) is 5.43 Å². The van der Waals surface area contributed by atoms with Crippen LogP contribution in [0.25, 0.3) is 0 Å². The van der Waals surface area contributed by atoms with Gasteiger partial charge in [-0.2, -0.15) is 0 Å². The first kappa shape index (κ1) is 11.6. The Labute approximate surface area is 95.5 Å². The van der Waals surface area contributed by atoms with E-state index in [1.807, 2.05) is 24.3 Å². The molecule has 3 N–H and O–H groups in total. The Kier molecular flexibility index (Phi) is 5.00. The van der Waals surface area contributed by atoms with Crippen LogP contribution in [0.1, 0.15) is 5.56 Å². The Balaban J connectivity index is 2.35. The zero-order valence-corrected chi connectivity index (χ0v) is 9.90. The van der Waals surface area contributed by atoms with Gasteiger partial charge in [0.2, 0.25) is 5.91 Å². The second kappa shape index (κ2) is 6.06. The summed E-state index contributed by atoms with van der Waals surface area (Å²) in [4.78, 5) is 10.8. The minimum atomic E-state index is -0.148. The van der Waals surface area contributed by atoms with E-state index in [4.69, 9.17) is 5.84 Å². The van der Waals surface area contributed by atoms with Gasteiger partial charge in [-0.1, -0.05) is 28.1 Å². The van der Waals surface area contributed by atoms with Crippen LogP contribution < -0.4 is 11.3 Å². The normalized spacial score (nSPS) is 9.86. The second-order valence-electron chi connectivity index (χ2n) is 2.69. The van der Waals surface area contributed by atoms with E-state index in [1.165, 1.54) is 17.3 Å². The average Bonchev–Trinajstić information content (AvgIpc) is 2.17. The summed E-state index contributed by atoms with van der Waals surface area (Å²) in [7, 11) is 0. The summed E-state index contributed by atoms with van der Waals surface area (Å²) in [5, 5.41) is 0. The number of thioether (sulfide) groups is 1. The van der Waals surface area contributed by atoms with E-state index >= 15 is 0 Å². The number of carbonyl (C=O) groups excluding carboxylic acids is 1. The van der Waals surface area contributed by atoms with E-state index in [1.54, 1.807) is 0 Å². The average molecular weight is 275 g/mol. The third-order valence-electron chi connectivity index (χ3n) is 1.55. The van der Waals surface area contributed by atoms with Crippen LogP contribution in [0.4, 0.5) is 0 Å². The number of nitrogens with two attached hydrogens (primary N) is 1. The zero-order valence-electron chi connectivity index (χ0n) is 7.50. The van der Waals surface area contributed by atoms with E-state index in [-0.39, 0.29) is 5.91 Å². The van der Waals surface area contributed by atoms with E-state index in [2.05, 4.69) is 21.4 Å². The Bertz CT molecular complexity index is 319. The van der Waals surface area contributed by atoms with E-state index in [9.17, 15) is 4.79 Å². The van der Waals surface area contributed by atoms with Gasteiger partial charge in [-0.25, -0.2) is 5.84 Å². The maximum absolute atomic E-state index is 10.8. The van der Waals surface area contributed by atoms with Crippen LogP contribution in [0.2, 0.25) is 0 Å². The molecule has 0 aliphatic rings. The minimum absolute atomic E-state index is 0.148. The monoisotopic (exact) mass is 274 g/mol. The molecule has 0 atom stereocenters. The maximum atomic E-state index is 10.8. The molecule has 0 radical (unpaired) electrons. The van der Waals surface area contributed by atoms with Crippen LogP contribution in [0.15, 0.2) is 28.7 Å². The summed E-state index contributed by atoms with van der Waals surface area (Å²) < 4.78 is 1.05. The number of amides is 1. The molecule has 0 spiro atoms. The Morgan fingerprint density at radius 1 is 1.57 bits per heavy atom. The third kappa shape index (κ3) is 4.13. The van der Waals surface area contributed by atoms with Gasteiger partial charge in [-0.05, 0) is 17.7 Å². The molecule has 0 unspecified atom stereocenters. The molecule has 1 rings (SSSR count). The fraction of sp³-hybridized carbons (Fsp3) is 0.222. The van der Waals surface area contributed by atoms with Crippen molar-refractivity contribution in [3.63, 3.8) is 0 Å². The summed E-state index contributed by atoms with van der Waals surface area (Å²) in [6, 6.07) is 8.01. The lowest BCUT2D eigenvalue weighted by Gasteiger charge is -2.01. The van der Waals surface area contributed by atoms with Gasteiger partial charge >= 0.3 is 0 Å². The molecule has 0 saturated carbocycles. The lowest BCUT2D eigenvalue weighted by molar-refractivity contribution is -0.118. The lowest BCUT2D eigenvalue weighted by atomic mass is 10.2. The maximum Gasteiger partial charge on any atom is 0.243 e. The molecular weight excluding hydrogens is 264 g/mol. The van der Waals surface area contributed by atoms with Gasteiger partial charge in [0.05, 0.1) is 5.75 Å². The topological polar surface area (TPSA) is 55.1 Å². The molecule has 1 amide bonds. The smallest absolute Gasteiger partial charge is 0.243 e. The highest BCUT2D eigenvalue weighted by atomic mass is 79.9. The highest BCUT2D eigenvalue weighted by Crippen LogP contribution is 2.16. The summed E-state index contributed by atoms with van der Waals surface area (Å²) in [5.74, 6) is 6.01. The summed E-state index contributed by atoms with van der Waals surface area (Å²) >= 11 is 4.92. The number of hydrogen-bond acceptors (Lipinski definition) is 3. The van der Waals surface area contributed by atoms with Gasteiger partial charge in [-0.3, -0.25) is 10.2 Å². The van der Waals surface area contributed by atoms with Crippen LogP contribution in [0.3, 0.4) is 0 Å². The SMILES string of the molecule is NNC(=O)CSCc1cccc(Br)c1. The van der Waals surface area contributed by atoms with Gasteiger partial charge in [-0.15, -0.1) is 11.8 Å². The molecule has 1 aromatic rings.